The first-order valence-corrected chi connectivity index (χ1v) is 11.1. The van der Waals surface area contributed by atoms with Crippen LogP contribution in [0.3, 0.4) is 0 Å². The molecule has 3 rings (SSSR count). The number of ether oxygens (including phenoxy) is 1. The third-order valence-electron chi connectivity index (χ3n) is 4.75. The molecule has 3 aromatic rings. The van der Waals surface area contributed by atoms with Crippen LogP contribution in [-0.2, 0) is 17.5 Å². The van der Waals surface area contributed by atoms with Crippen LogP contribution in [0.15, 0.2) is 53.3 Å². The Hall–Kier alpha value is -3.84. The summed E-state index contributed by atoms with van der Waals surface area (Å²) in [5.74, 6) is -0.273. The number of anilines is 1. The van der Waals surface area contributed by atoms with E-state index in [1.165, 1.54) is 22.8 Å². The fraction of sp³-hybridized carbons (Fsp3) is 0.208. The Labute approximate surface area is 196 Å². The van der Waals surface area contributed by atoms with Gasteiger partial charge in [-0.2, -0.15) is 18.4 Å². The summed E-state index contributed by atoms with van der Waals surface area (Å²) in [4.78, 5) is 25.8. The molecular weight excluding hydrogens is 467 g/mol. The summed E-state index contributed by atoms with van der Waals surface area (Å²) in [6.45, 7) is 4.06. The molecule has 10 heteroatoms. The van der Waals surface area contributed by atoms with Gasteiger partial charge in [0.15, 0.2) is 5.57 Å². The molecule has 6 nitrogen and oxygen atoms in total. The van der Waals surface area contributed by atoms with Crippen LogP contribution in [0.1, 0.15) is 25.0 Å². The average molecular weight is 488 g/mol. The number of nitriles is 1. The first-order valence-electron chi connectivity index (χ1n) is 10.3. The second-order valence-corrected chi connectivity index (χ2v) is 7.99. The molecule has 1 aromatic heterocycles. The molecule has 0 aliphatic heterocycles. The van der Waals surface area contributed by atoms with Crippen LogP contribution in [0, 0.1) is 11.3 Å². The number of carbonyl (C=O) groups excluding carboxylic acids is 1. The number of para-hydroxylation sites is 2. The number of halogens is 3. The first kappa shape index (κ1) is 24.8. The second-order valence-electron chi connectivity index (χ2n) is 6.96. The van der Waals surface area contributed by atoms with Gasteiger partial charge in [-0.1, -0.05) is 24.3 Å². The third-order valence-corrected chi connectivity index (χ3v) is 5.88. The van der Waals surface area contributed by atoms with Gasteiger partial charge in [0.05, 0.1) is 22.4 Å². The van der Waals surface area contributed by atoms with Gasteiger partial charge in [-0.3, -0.25) is 14.2 Å². The van der Waals surface area contributed by atoms with E-state index in [2.05, 4.69) is 5.32 Å². The van der Waals surface area contributed by atoms with E-state index in [9.17, 15) is 28.0 Å². The van der Waals surface area contributed by atoms with E-state index in [0.717, 1.165) is 23.5 Å². The standard InChI is InChI=1S/C24H20F3N3O3S/c1-3-30-22(32)20(13-15-9-11-16(12-10-15)24(25,26)27)34-23(30)17(14-28)21(31)29-18-7-5-6-8-19(18)33-4-2/h5-13H,3-4H2,1-2H3,(H,29,31)/b20-13-,23-17-. The number of aromatic nitrogens is 1. The minimum atomic E-state index is -4.46. The Kier molecular flexibility index (Phi) is 7.58. The van der Waals surface area contributed by atoms with Gasteiger partial charge in [-0.05, 0) is 49.8 Å². The van der Waals surface area contributed by atoms with Crippen LogP contribution in [0.25, 0.3) is 11.6 Å². The number of nitrogens with one attached hydrogen (secondary N) is 1. The molecule has 0 aliphatic carbocycles. The predicted octanol–water partition coefficient (Wildman–Crippen LogP) is 3.49. The van der Waals surface area contributed by atoms with Crippen LogP contribution in [0.4, 0.5) is 18.9 Å². The number of nitrogens with zero attached hydrogens (tertiary/aromatic N) is 2. The lowest BCUT2D eigenvalue weighted by Gasteiger charge is -2.10. The smallest absolute Gasteiger partial charge is 0.416 e. The van der Waals surface area contributed by atoms with Crippen LogP contribution in [0.5, 0.6) is 5.75 Å². The molecule has 0 unspecified atom stereocenters. The van der Waals surface area contributed by atoms with E-state index < -0.39 is 23.2 Å². The van der Waals surface area contributed by atoms with Crippen molar-refractivity contribution in [3.05, 3.63) is 79.2 Å². The van der Waals surface area contributed by atoms with Gasteiger partial charge in [-0.25, -0.2) is 0 Å². The zero-order valence-corrected chi connectivity index (χ0v) is 19.1. The van der Waals surface area contributed by atoms with Crippen molar-refractivity contribution in [2.24, 2.45) is 0 Å². The monoisotopic (exact) mass is 487 g/mol. The first-order chi connectivity index (χ1) is 16.2. The van der Waals surface area contributed by atoms with Gasteiger partial charge < -0.3 is 10.1 Å². The minimum absolute atomic E-state index is 0.152. The number of amides is 1. The van der Waals surface area contributed by atoms with E-state index >= 15 is 0 Å². The average Bonchev–Trinajstić information content (AvgIpc) is 3.10. The molecule has 176 valence electrons. The van der Waals surface area contributed by atoms with Gasteiger partial charge in [0.2, 0.25) is 0 Å². The van der Waals surface area contributed by atoms with Crippen LogP contribution in [0.2, 0.25) is 0 Å². The molecule has 0 spiro atoms. The van der Waals surface area contributed by atoms with E-state index in [1.54, 1.807) is 38.1 Å². The highest BCUT2D eigenvalue weighted by Crippen LogP contribution is 2.29. The van der Waals surface area contributed by atoms with Crippen LogP contribution < -0.4 is 24.8 Å². The van der Waals surface area contributed by atoms with Crippen molar-refractivity contribution in [2.75, 3.05) is 11.9 Å². The molecule has 0 saturated heterocycles. The van der Waals surface area contributed by atoms with Crippen molar-refractivity contribution in [1.29, 1.82) is 5.26 Å². The number of alkyl halides is 3. The number of carbonyl (C=O) groups is 1. The molecule has 0 saturated carbocycles. The van der Waals surface area contributed by atoms with Gasteiger partial charge in [0, 0.05) is 6.54 Å². The number of hydrogen-bond acceptors (Lipinski definition) is 5. The Morgan fingerprint density at radius 2 is 1.85 bits per heavy atom. The molecule has 1 heterocycles. The summed E-state index contributed by atoms with van der Waals surface area (Å²) >= 11 is 0.922. The quantitative estimate of drug-likeness (QED) is 0.577. The van der Waals surface area contributed by atoms with E-state index in [0.29, 0.717) is 23.6 Å². The zero-order chi connectivity index (χ0) is 24.9. The summed E-state index contributed by atoms with van der Waals surface area (Å²) in [6, 6.07) is 13.0. The fourth-order valence-corrected chi connectivity index (χ4v) is 4.31. The lowest BCUT2D eigenvalue weighted by Crippen LogP contribution is -2.33. The molecule has 34 heavy (non-hydrogen) atoms. The molecule has 0 fully saturated rings. The van der Waals surface area contributed by atoms with Crippen molar-refractivity contribution in [3.63, 3.8) is 0 Å². The van der Waals surface area contributed by atoms with Crippen molar-refractivity contribution < 1.29 is 22.7 Å². The fourth-order valence-electron chi connectivity index (χ4n) is 3.14. The Balaban J connectivity index is 2.08. The number of thiazole rings is 1. The summed E-state index contributed by atoms with van der Waals surface area (Å²) in [7, 11) is 0. The topological polar surface area (TPSA) is 84.1 Å². The van der Waals surface area contributed by atoms with Gasteiger partial charge in [0.1, 0.15) is 16.5 Å². The molecule has 1 amide bonds. The normalized spacial score (nSPS) is 12.8. The summed E-state index contributed by atoms with van der Waals surface area (Å²) in [5.41, 5.74) is -0.748. The maximum absolute atomic E-state index is 12.9. The number of hydrogen-bond donors (Lipinski definition) is 1. The highest BCUT2D eigenvalue weighted by atomic mass is 32.1. The molecular formula is C24H20F3N3O3S. The number of rotatable bonds is 6. The summed E-state index contributed by atoms with van der Waals surface area (Å²) in [5, 5.41) is 12.4. The summed E-state index contributed by atoms with van der Waals surface area (Å²) < 4.78 is 45.5. The Morgan fingerprint density at radius 3 is 2.44 bits per heavy atom. The lowest BCUT2D eigenvalue weighted by molar-refractivity contribution is -0.137. The molecule has 0 atom stereocenters. The SMILES string of the molecule is CCOc1ccccc1NC(=O)/C(C#N)=c1\s/c(=C\c2ccc(C(F)(F)F)cc2)c(=O)n1CC. The molecule has 2 aromatic carbocycles. The van der Waals surface area contributed by atoms with Crippen molar-refractivity contribution >= 4 is 34.6 Å². The van der Waals surface area contributed by atoms with Crippen molar-refractivity contribution in [3.8, 4) is 11.8 Å². The third kappa shape index (κ3) is 5.38. The molecule has 0 radical (unpaired) electrons. The predicted molar refractivity (Wildman–Crippen MR) is 124 cm³/mol. The second kappa shape index (κ2) is 10.4. The summed E-state index contributed by atoms with van der Waals surface area (Å²) in [6.07, 6.45) is -3.03. The highest BCUT2D eigenvalue weighted by molar-refractivity contribution is 7.07. The maximum Gasteiger partial charge on any atom is 0.416 e. The molecule has 1 N–H and O–H groups in total. The van der Waals surface area contributed by atoms with Crippen LogP contribution in [-0.4, -0.2) is 17.1 Å². The van der Waals surface area contributed by atoms with E-state index in [1.807, 2.05) is 6.07 Å². The minimum Gasteiger partial charge on any atom is -0.492 e. The molecule has 0 bridgehead atoms. The largest absolute Gasteiger partial charge is 0.492 e. The lowest BCUT2D eigenvalue weighted by atomic mass is 10.1. The Bertz CT molecular complexity index is 1420. The molecule has 0 aliphatic rings. The zero-order valence-electron chi connectivity index (χ0n) is 18.3. The van der Waals surface area contributed by atoms with Gasteiger partial charge >= 0.3 is 6.18 Å². The van der Waals surface area contributed by atoms with Crippen LogP contribution >= 0.6 is 11.3 Å². The Morgan fingerprint density at radius 1 is 1.18 bits per heavy atom. The van der Waals surface area contributed by atoms with Crippen molar-refractivity contribution in [2.45, 2.75) is 26.6 Å². The van der Waals surface area contributed by atoms with Crippen molar-refractivity contribution in [1.82, 2.24) is 4.57 Å². The van der Waals surface area contributed by atoms with Gasteiger partial charge in [0.25, 0.3) is 11.5 Å². The van der Waals surface area contributed by atoms with E-state index in [-0.39, 0.29) is 21.3 Å². The number of benzene rings is 2. The maximum atomic E-state index is 12.9. The van der Waals surface area contributed by atoms with E-state index in [4.69, 9.17) is 4.74 Å². The highest BCUT2D eigenvalue weighted by Gasteiger charge is 2.29. The van der Waals surface area contributed by atoms with Gasteiger partial charge in [-0.15, -0.1) is 11.3 Å².